The molecule has 3 atom stereocenters. The third-order valence-corrected chi connectivity index (χ3v) is 6.59. The van der Waals surface area contributed by atoms with Gasteiger partial charge in [-0.1, -0.05) is 64.5 Å². The Kier molecular flexibility index (Phi) is 2.39. The molecule has 1 saturated carbocycles. The van der Waals surface area contributed by atoms with Gasteiger partial charge in [-0.25, -0.2) is 0 Å². The predicted molar refractivity (Wildman–Crippen MR) is 89.6 cm³/mol. The van der Waals surface area contributed by atoms with Crippen molar-refractivity contribution in [1.29, 1.82) is 0 Å². The summed E-state index contributed by atoms with van der Waals surface area (Å²) in [5.74, 6) is 0.668. The summed E-state index contributed by atoms with van der Waals surface area (Å²) >= 11 is 0. The Labute approximate surface area is 128 Å². The van der Waals surface area contributed by atoms with Gasteiger partial charge < -0.3 is 5.32 Å². The van der Waals surface area contributed by atoms with Gasteiger partial charge in [0, 0.05) is 22.6 Å². The maximum atomic E-state index is 3.90. The minimum absolute atomic E-state index is 0.220. The summed E-state index contributed by atoms with van der Waals surface area (Å²) in [5, 5.41) is 3.90. The molecule has 0 amide bonds. The molecule has 0 bridgehead atoms. The summed E-state index contributed by atoms with van der Waals surface area (Å²) in [6.07, 6.45) is 5.21. The van der Waals surface area contributed by atoms with E-state index >= 15 is 0 Å². The lowest BCUT2D eigenvalue weighted by Gasteiger charge is -2.56. The number of hydrogen-bond donors (Lipinski definition) is 1. The quantitative estimate of drug-likeness (QED) is 0.631. The van der Waals surface area contributed by atoms with E-state index in [1.807, 2.05) is 0 Å². The molecule has 1 fully saturated rings. The van der Waals surface area contributed by atoms with Crippen LogP contribution < -0.4 is 5.32 Å². The van der Waals surface area contributed by atoms with Crippen LogP contribution in [0.4, 0.5) is 5.69 Å². The van der Waals surface area contributed by atoms with Crippen molar-refractivity contribution in [2.24, 2.45) is 16.2 Å². The van der Waals surface area contributed by atoms with Crippen LogP contribution in [-0.2, 0) is 0 Å². The lowest BCUT2D eigenvalue weighted by Crippen LogP contribution is -2.53. The van der Waals surface area contributed by atoms with Gasteiger partial charge in [0.2, 0.25) is 0 Å². The Balaban J connectivity index is 1.96. The summed E-state index contributed by atoms with van der Waals surface area (Å²) in [7, 11) is 0. The molecule has 0 radical (unpaired) electrons. The van der Waals surface area contributed by atoms with Crippen LogP contribution in [-0.4, -0.2) is 6.04 Å². The zero-order valence-electron chi connectivity index (χ0n) is 14.0. The topological polar surface area (TPSA) is 12.0 Å². The Hall–Kier alpha value is -1.24. The first kappa shape index (κ1) is 13.4. The van der Waals surface area contributed by atoms with E-state index in [0.29, 0.717) is 17.4 Å². The molecular weight excluding hydrogens is 254 g/mol. The van der Waals surface area contributed by atoms with E-state index in [-0.39, 0.29) is 10.8 Å². The van der Waals surface area contributed by atoms with Gasteiger partial charge in [0.25, 0.3) is 0 Å². The van der Waals surface area contributed by atoms with E-state index in [4.69, 9.17) is 0 Å². The van der Waals surface area contributed by atoms with E-state index in [9.17, 15) is 0 Å². The smallest absolute Gasteiger partial charge is 0.0443 e. The lowest BCUT2D eigenvalue weighted by molar-refractivity contribution is 0.126. The molecule has 0 aromatic heterocycles. The van der Waals surface area contributed by atoms with Crippen LogP contribution >= 0.6 is 0 Å². The van der Waals surface area contributed by atoms with Crippen LogP contribution in [0.5, 0.6) is 0 Å². The first-order valence-electron chi connectivity index (χ1n) is 8.36. The van der Waals surface area contributed by atoms with Crippen molar-refractivity contribution in [3.63, 3.8) is 0 Å². The van der Waals surface area contributed by atoms with Crippen molar-refractivity contribution in [1.82, 2.24) is 0 Å². The Morgan fingerprint density at radius 1 is 1.05 bits per heavy atom. The van der Waals surface area contributed by atoms with Crippen LogP contribution in [0.2, 0.25) is 0 Å². The third-order valence-electron chi connectivity index (χ3n) is 6.59. The first-order chi connectivity index (χ1) is 9.77. The number of benzene rings is 1. The fourth-order valence-electron chi connectivity index (χ4n) is 5.69. The number of rotatable bonds is 0. The maximum absolute atomic E-state index is 3.90. The Morgan fingerprint density at radius 3 is 2.52 bits per heavy atom. The van der Waals surface area contributed by atoms with Crippen LogP contribution in [0.3, 0.4) is 0 Å². The van der Waals surface area contributed by atoms with Gasteiger partial charge in [0.15, 0.2) is 0 Å². The Morgan fingerprint density at radius 2 is 1.76 bits per heavy atom. The van der Waals surface area contributed by atoms with Crippen molar-refractivity contribution in [3.05, 3.63) is 41.5 Å². The van der Waals surface area contributed by atoms with Gasteiger partial charge in [0.05, 0.1) is 0 Å². The van der Waals surface area contributed by atoms with Gasteiger partial charge >= 0.3 is 0 Å². The van der Waals surface area contributed by atoms with Crippen molar-refractivity contribution in [2.75, 3.05) is 5.32 Å². The second-order valence-corrected chi connectivity index (χ2v) is 8.80. The van der Waals surface area contributed by atoms with Crippen LogP contribution in [0, 0.1) is 16.2 Å². The van der Waals surface area contributed by atoms with E-state index in [1.165, 1.54) is 24.1 Å². The molecule has 0 spiro atoms. The third kappa shape index (κ3) is 1.53. The summed E-state index contributed by atoms with van der Waals surface area (Å²) in [4.78, 5) is 0. The minimum Gasteiger partial charge on any atom is -0.380 e. The monoisotopic (exact) mass is 281 g/mol. The highest BCUT2D eigenvalue weighted by atomic mass is 15.0. The van der Waals surface area contributed by atoms with Crippen LogP contribution in [0.15, 0.2) is 35.9 Å². The largest absolute Gasteiger partial charge is 0.380 e. The molecule has 4 rings (SSSR count). The molecule has 0 unspecified atom stereocenters. The molecular formula is C20H27N. The lowest BCUT2D eigenvalue weighted by atomic mass is 9.52. The molecule has 1 N–H and O–H groups in total. The van der Waals surface area contributed by atoms with Crippen molar-refractivity contribution in [3.8, 4) is 0 Å². The highest BCUT2D eigenvalue weighted by Crippen LogP contribution is 2.68. The second-order valence-electron chi connectivity index (χ2n) is 8.80. The number of fused-ring (bicyclic) bond motifs is 2. The maximum Gasteiger partial charge on any atom is 0.0443 e. The average molecular weight is 281 g/mol. The second kappa shape index (κ2) is 3.74. The molecule has 2 aliphatic carbocycles. The molecule has 1 aliphatic heterocycles. The van der Waals surface area contributed by atoms with Crippen molar-refractivity contribution >= 4 is 5.69 Å². The van der Waals surface area contributed by atoms with E-state index in [2.05, 4.69) is 70.3 Å². The Bertz CT molecular complexity index is 637. The fourth-order valence-corrected chi connectivity index (χ4v) is 5.69. The zero-order chi connectivity index (χ0) is 15.0. The molecule has 1 nitrogen and oxygen atoms in total. The van der Waals surface area contributed by atoms with Gasteiger partial charge in [-0.05, 0) is 35.8 Å². The summed E-state index contributed by atoms with van der Waals surface area (Å²) in [5.41, 5.74) is 5.42. The zero-order valence-corrected chi connectivity index (χ0v) is 14.0. The highest BCUT2D eigenvalue weighted by molar-refractivity contribution is 5.62. The van der Waals surface area contributed by atoms with E-state index in [0.717, 1.165) is 0 Å². The standard InChI is InChI=1S/C20H27N/c1-18(2)11-10-14-13-8-6-7-9-15(13)21-17-19(3,4)12-16(18)20(14,17)5/h6-9,12,14,17,21H,10-11H2,1-5H3/t14-,17+,20-/m0/s1. The van der Waals surface area contributed by atoms with Gasteiger partial charge in [-0.2, -0.15) is 0 Å². The summed E-state index contributed by atoms with van der Waals surface area (Å²) in [6, 6.07) is 9.49. The molecule has 1 heterocycles. The predicted octanol–water partition coefficient (Wildman–Crippen LogP) is 5.36. The molecule has 3 aliphatic rings. The summed E-state index contributed by atoms with van der Waals surface area (Å²) < 4.78 is 0. The number of anilines is 1. The van der Waals surface area contributed by atoms with Gasteiger partial charge in [0.1, 0.15) is 0 Å². The molecule has 1 heteroatoms. The molecule has 0 saturated heterocycles. The minimum atomic E-state index is 0.220. The normalized spacial score (nSPS) is 38.0. The van der Waals surface area contributed by atoms with Crippen LogP contribution in [0.25, 0.3) is 0 Å². The fraction of sp³-hybridized carbons (Fsp3) is 0.600. The van der Waals surface area contributed by atoms with E-state index < -0.39 is 0 Å². The number of hydrogen-bond acceptors (Lipinski definition) is 1. The molecule has 1 aromatic carbocycles. The molecule has 21 heavy (non-hydrogen) atoms. The number of para-hydroxylation sites is 1. The van der Waals surface area contributed by atoms with Gasteiger partial charge in [-0.3, -0.25) is 0 Å². The summed E-state index contributed by atoms with van der Waals surface area (Å²) in [6.45, 7) is 12.2. The van der Waals surface area contributed by atoms with Gasteiger partial charge in [-0.15, -0.1) is 0 Å². The highest BCUT2D eigenvalue weighted by Gasteiger charge is 2.61. The average Bonchev–Trinajstić information content (AvgIpc) is 2.62. The molecule has 1 aromatic rings. The first-order valence-corrected chi connectivity index (χ1v) is 8.36. The van der Waals surface area contributed by atoms with Crippen LogP contribution in [0.1, 0.15) is 58.9 Å². The number of nitrogens with one attached hydrogen (secondary N) is 1. The van der Waals surface area contributed by atoms with Crippen molar-refractivity contribution in [2.45, 2.75) is 59.4 Å². The van der Waals surface area contributed by atoms with E-state index in [1.54, 1.807) is 5.57 Å². The SMILES string of the molecule is CC1(C)CC[C@H]2c3ccccc3N[C@@H]3C(C)(C)C=C1[C@@]32C. The van der Waals surface area contributed by atoms with Crippen molar-refractivity contribution < 1.29 is 0 Å². The molecule has 112 valence electrons.